The number of para-hydroxylation sites is 1. The number of nitrogens with zero attached hydrogens (tertiary/aromatic N) is 3. The number of likely N-dealkylation sites (tertiary alicyclic amines) is 1. The highest BCUT2D eigenvalue weighted by Gasteiger charge is 2.23. The van der Waals surface area contributed by atoms with Gasteiger partial charge in [-0.1, -0.05) is 43.0 Å². The standard InChI is InChI=1S/C26H27N5O2/c1-2-23(32)31-14-6-7-18(16-31)15-22(24-25(27)29-17-30-26(24)28)19-10-12-21(13-11-19)33-20-8-4-3-5-9-20/h2-5,8-13,15,17-18H,1,6-7,14,16H2,(H4,27,28,29,30)/b22-15-/t18-/m0/s1. The number of hydrogen-bond donors (Lipinski definition) is 2. The molecule has 1 aliphatic rings. The number of hydrogen-bond acceptors (Lipinski definition) is 6. The summed E-state index contributed by atoms with van der Waals surface area (Å²) in [4.78, 5) is 22.3. The van der Waals surface area contributed by atoms with Crippen LogP contribution < -0.4 is 16.2 Å². The van der Waals surface area contributed by atoms with Gasteiger partial charge in [-0.3, -0.25) is 4.79 Å². The van der Waals surface area contributed by atoms with E-state index in [0.717, 1.165) is 42.0 Å². The van der Waals surface area contributed by atoms with Crippen LogP contribution in [0.3, 0.4) is 0 Å². The molecule has 1 saturated heterocycles. The Morgan fingerprint density at radius 1 is 1.03 bits per heavy atom. The third-order valence-corrected chi connectivity index (χ3v) is 5.67. The molecule has 33 heavy (non-hydrogen) atoms. The van der Waals surface area contributed by atoms with E-state index in [9.17, 15) is 4.79 Å². The molecular weight excluding hydrogens is 414 g/mol. The van der Waals surface area contributed by atoms with Crippen molar-refractivity contribution in [3.8, 4) is 11.5 Å². The molecule has 0 aliphatic carbocycles. The van der Waals surface area contributed by atoms with Gasteiger partial charge < -0.3 is 21.1 Å². The maximum Gasteiger partial charge on any atom is 0.245 e. The van der Waals surface area contributed by atoms with Crippen molar-refractivity contribution < 1.29 is 9.53 Å². The van der Waals surface area contributed by atoms with Gasteiger partial charge in [-0.15, -0.1) is 0 Å². The van der Waals surface area contributed by atoms with E-state index in [-0.39, 0.29) is 11.8 Å². The number of carbonyl (C=O) groups is 1. The highest BCUT2D eigenvalue weighted by molar-refractivity contribution is 5.89. The van der Waals surface area contributed by atoms with Gasteiger partial charge in [-0.2, -0.15) is 0 Å². The van der Waals surface area contributed by atoms with E-state index in [0.29, 0.717) is 23.7 Å². The maximum absolute atomic E-state index is 12.1. The summed E-state index contributed by atoms with van der Waals surface area (Å²) in [6, 6.07) is 17.3. The van der Waals surface area contributed by atoms with Gasteiger partial charge in [0.25, 0.3) is 0 Å². The van der Waals surface area contributed by atoms with Crippen molar-refractivity contribution in [2.75, 3.05) is 24.6 Å². The summed E-state index contributed by atoms with van der Waals surface area (Å²) < 4.78 is 5.92. The Labute approximate surface area is 193 Å². The molecule has 3 aromatic rings. The van der Waals surface area contributed by atoms with Crippen molar-refractivity contribution >= 4 is 23.1 Å². The zero-order chi connectivity index (χ0) is 23.2. The van der Waals surface area contributed by atoms with Crippen molar-refractivity contribution in [2.24, 2.45) is 5.92 Å². The molecule has 1 amide bonds. The first-order chi connectivity index (χ1) is 16.0. The van der Waals surface area contributed by atoms with Crippen molar-refractivity contribution in [1.82, 2.24) is 14.9 Å². The van der Waals surface area contributed by atoms with E-state index < -0.39 is 0 Å². The van der Waals surface area contributed by atoms with Crippen LogP contribution in [-0.2, 0) is 4.79 Å². The molecule has 7 heteroatoms. The molecule has 0 radical (unpaired) electrons. The summed E-state index contributed by atoms with van der Waals surface area (Å²) in [6.07, 6.45) is 6.70. The lowest BCUT2D eigenvalue weighted by atomic mass is 9.90. The second-order valence-electron chi connectivity index (χ2n) is 7.93. The first-order valence-electron chi connectivity index (χ1n) is 10.9. The predicted octanol–water partition coefficient (Wildman–Crippen LogP) is 4.29. The minimum absolute atomic E-state index is 0.0564. The topological polar surface area (TPSA) is 107 Å². The largest absolute Gasteiger partial charge is 0.457 e. The Bertz CT molecular complexity index is 1140. The lowest BCUT2D eigenvalue weighted by Gasteiger charge is -2.31. The molecule has 2 heterocycles. The van der Waals surface area contributed by atoms with Crippen LogP contribution in [0.1, 0.15) is 24.0 Å². The van der Waals surface area contributed by atoms with Gasteiger partial charge >= 0.3 is 0 Å². The first kappa shape index (κ1) is 22.1. The molecule has 1 atom stereocenters. The molecule has 4 N–H and O–H groups in total. The van der Waals surface area contributed by atoms with E-state index in [1.165, 1.54) is 12.4 Å². The van der Waals surface area contributed by atoms with Gasteiger partial charge in [0.1, 0.15) is 29.5 Å². The van der Waals surface area contributed by atoms with Crippen LogP contribution in [-0.4, -0.2) is 33.9 Å². The van der Waals surface area contributed by atoms with Gasteiger partial charge in [-0.25, -0.2) is 9.97 Å². The monoisotopic (exact) mass is 441 g/mol. The summed E-state index contributed by atoms with van der Waals surface area (Å²) in [5.41, 5.74) is 14.8. The average molecular weight is 442 g/mol. The molecule has 1 fully saturated rings. The zero-order valence-corrected chi connectivity index (χ0v) is 18.4. The number of anilines is 2. The summed E-state index contributed by atoms with van der Waals surface area (Å²) in [5.74, 6) is 2.19. The van der Waals surface area contributed by atoms with Crippen LogP contribution in [0, 0.1) is 5.92 Å². The fourth-order valence-corrected chi connectivity index (χ4v) is 4.05. The van der Waals surface area contributed by atoms with Gasteiger partial charge in [0.15, 0.2) is 0 Å². The molecule has 7 nitrogen and oxygen atoms in total. The Kier molecular flexibility index (Phi) is 6.69. The van der Waals surface area contributed by atoms with Crippen LogP contribution in [0.25, 0.3) is 5.57 Å². The van der Waals surface area contributed by atoms with E-state index in [2.05, 4.69) is 22.6 Å². The quantitative estimate of drug-likeness (QED) is 0.553. The molecule has 0 bridgehead atoms. The minimum atomic E-state index is -0.0564. The second kappa shape index (κ2) is 9.99. The highest BCUT2D eigenvalue weighted by atomic mass is 16.5. The summed E-state index contributed by atoms with van der Waals surface area (Å²) in [6.45, 7) is 4.95. The van der Waals surface area contributed by atoms with Crippen molar-refractivity contribution in [3.63, 3.8) is 0 Å². The Balaban J connectivity index is 1.68. The van der Waals surface area contributed by atoms with Crippen LogP contribution >= 0.6 is 0 Å². The molecule has 168 valence electrons. The maximum atomic E-state index is 12.1. The van der Waals surface area contributed by atoms with Crippen LogP contribution in [0.15, 0.2) is 79.7 Å². The summed E-state index contributed by atoms with van der Waals surface area (Å²) in [5, 5.41) is 0. The van der Waals surface area contributed by atoms with E-state index in [1.54, 1.807) is 0 Å². The third-order valence-electron chi connectivity index (χ3n) is 5.67. The van der Waals surface area contributed by atoms with Crippen LogP contribution in [0.2, 0.25) is 0 Å². The SMILES string of the molecule is C=CC(=O)N1CCC[C@@H](/C=C(/c2ccc(Oc3ccccc3)cc2)c2c(N)ncnc2N)C1. The van der Waals surface area contributed by atoms with Gasteiger partial charge in [0.2, 0.25) is 5.91 Å². The van der Waals surface area contributed by atoms with Gasteiger partial charge in [0, 0.05) is 13.1 Å². The lowest BCUT2D eigenvalue weighted by Crippen LogP contribution is -2.38. The Hall–Kier alpha value is -4.13. The normalized spacial score (nSPS) is 16.3. The fourth-order valence-electron chi connectivity index (χ4n) is 4.05. The predicted molar refractivity (Wildman–Crippen MR) is 130 cm³/mol. The lowest BCUT2D eigenvalue weighted by molar-refractivity contribution is -0.127. The number of aromatic nitrogens is 2. The number of ether oxygens (including phenoxy) is 1. The molecular formula is C26H27N5O2. The molecule has 0 spiro atoms. The number of nitrogens with two attached hydrogens (primary N) is 2. The van der Waals surface area contributed by atoms with Gasteiger partial charge in [0.05, 0.1) is 5.56 Å². The minimum Gasteiger partial charge on any atom is -0.457 e. The molecule has 1 aliphatic heterocycles. The Morgan fingerprint density at radius 3 is 2.36 bits per heavy atom. The first-order valence-corrected chi connectivity index (χ1v) is 10.9. The fraction of sp³-hybridized carbons (Fsp3) is 0.192. The van der Waals surface area contributed by atoms with Crippen LogP contribution in [0.4, 0.5) is 11.6 Å². The van der Waals surface area contributed by atoms with Crippen molar-refractivity contribution in [2.45, 2.75) is 12.8 Å². The molecule has 0 saturated carbocycles. The number of amides is 1. The smallest absolute Gasteiger partial charge is 0.245 e. The number of carbonyl (C=O) groups excluding carboxylic acids is 1. The van der Waals surface area contributed by atoms with Crippen LogP contribution in [0.5, 0.6) is 11.5 Å². The molecule has 4 rings (SSSR count). The summed E-state index contributed by atoms with van der Waals surface area (Å²) in [7, 11) is 0. The van der Waals surface area contributed by atoms with E-state index in [4.69, 9.17) is 16.2 Å². The third kappa shape index (κ3) is 5.20. The number of nitrogen functional groups attached to an aromatic ring is 2. The van der Waals surface area contributed by atoms with E-state index >= 15 is 0 Å². The Morgan fingerprint density at radius 2 is 1.70 bits per heavy atom. The number of rotatable bonds is 6. The molecule has 0 unspecified atom stereocenters. The van der Waals surface area contributed by atoms with Gasteiger partial charge in [-0.05, 0) is 60.2 Å². The molecule has 1 aromatic heterocycles. The second-order valence-corrected chi connectivity index (χ2v) is 7.93. The zero-order valence-electron chi connectivity index (χ0n) is 18.4. The highest BCUT2D eigenvalue weighted by Crippen LogP contribution is 2.34. The average Bonchev–Trinajstić information content (AvgIpc) is 2.84. The van der Waals surface area contributed by atoms with E-state index in [1.807, 2.05) is 59.5 Å². The van der Waals surface area contributed by atoms with Crippen molar-refractivity contribution in [1.29, 1.82) is 0 Å². The molecule has 2 aromatic carbocycles. The number of benzene rings is 2. The summed E-state index contributed by atoms with van der Waals surface area (Å²) >= 11 is 0. The van der Waals surface area contributed by atoms with Crippen molar-refractivity contribution in [3.05, 3.63) is 90.8 Å². The number of piperidine rings is 1.